The third kappa shape index (κ3) is 4.06. The van der Waals surface area contributed by atoms with E-state index in [2.05, 4.69) is 20.7 Å². The molecule has 0 spiro atoms. The first-order valence-electron chi connectivity index (χ1n) is 6.12. The van der Waals surface area contributed by atoms with Crippen LogP contribution in [0, 0.1) is 6.92 Å². The monoisotopic (exact) mass is 327 g/mol. The molecular formula is C14H18BrNO3. The van der Waals surface area contributed by atoms with Crippen molar-refractivity contribution in [2.75, 3.05) is 20.2 Å². The van der Waals surface area contributed by atoms with E-state index >= 15 is 0 Å². The third-order valence-electron chi connectivity index (χ3n) is 2.98. The molecule has 104 valence electrons. The van der Waals surface area contributed by atoms with Gasteiger partial charge in [0.25, 0.3) is 5.91 Å². The van der Waals surface area contributed by atoms with Crippen molar-refractivity contribution in [2.45, 2.75) is 20.3 Å². The molecular weight excluding hydrogens is 310 g/mol. The summed E-state index contributed by atoms with van der Waals surface area (Å²) in [5.41, 5.74) is 1.56. The zero-order valence-electron chi connectivity index (χ0n) is 11.4. The largest absolute Gasteiger partial charge is 0.469 e. The normalized spacial score (nSPS) is 10.1. The van der Waals surface area contributed by atoms with Crippen molar-refractivity contribution in [3.8, 4) is 0 Å². The van der Waals surface area contributed by atoms with Crippen LogP contribution in [0.4, 0.5) is 0 Å². The van der Waals surface area contributed by atoms with Crippen LogP contribution in [0.5, 0.6) is 0 Å². The Morgan fingerprint density at radius 2 is 2.05 bits per heavy atom. The van der Waals surface area contributed by atoms with Crippen molar-refractivity contribution in [3.05, 3.63) is 33.8 Å². The molecule has 1 aromatic carbocycles. The quantitative estimate of drug-likeness (QED) is 0.781. The van der Waals surface area contributed by atoms with Crippen molar-refractivity contribution >= 4 is 27.8 Å². The highest BCUT2D eigenvalue weighted by Gasteiger charge is 2.18. The van der Waals surface area contributed by atoms with Crippen molar-refractivity contribution in [1.82, 2.24) is 4.90 Å². The molecule has 0 aliphatic heterocycles. The maximum absolute atomic E-state index is 12.4. The van der Waals surface area contributed by atoms with Gasteiger partial charge in [-0.2, -0.15) is 0 Å². The summed E-state index contributed by atoms with van der Waals surface area (Å²) in [4.78, 5) is 25.2. The number of esters is 1. The molecule has 0 saturated carbocycles. The summed E-state index contributed by atoms with van der Waals surface area (Å²) >= 11 is 3.41. The summed E-state index contributed by atoms with van der Waals surface area (Å²) in [5, 5.41) is 0. The number of nitrogens with zero attached hydrogens (tertiary/aromatic N) is 1. The molecule has 1 rings (SSSR count). The van der Waals surface area contributed by atoms with E-state index in [0.717, 1.165) is 10.0 Å². The Labute approximate surface area is 121 Å². The number of amides is 1. The van der Waals surface area contributed by atoms with E-state index in [-0.39, 0.29) is 18.3 Å². The fraction of sp³-hybridized carbons (Fsp3) is 0.429. The number of carbonyl (C=O) groups is 2. The molecule has 0 heterocycles. The van der Waals surface area contributed by atoms with E-state index in [4.69, 9.17) is 0 Å². The summed E-state index contributed by atoms with van der Waals surface area (Å²) in [6, 6.07) is 5.53. The molecule has 0 unspecified atom stereocenters. The maximum Gasteiger partial charge on any atom is 0.307 e. The highest BCUT2D eigenvalue weighted by molar-refractivity contribution is 9.10. The van der Waals surface area contributed by atoms with E-state index in [1.165, 1.54) is 7.11 Å². The Kier molecular flexibility index (Phi) is 6.02. The fourth-order valence-corrected chi connectivity index (χ4v) is 2.11. The second-order valence-corrected chi connectivity index (χ2v) is 4.98. The zero-order valence-corrected chi connectivity index (χ0v) is 13.0. The second kappa shape index (κ2) is 7.28. The topological polar surface area (TPSA) is 46.6 Å². The molecule has 0 aliphatic carbocycles. The molecule has 0 atom stereocenters. The van der Waals surface area contributed by atoms with E-state index in [0.29, 0.717) is 18.7 Å². The number of rotatable bonds is 5. The summed E-state index contributed by atoms with van der Waals surface area (Å²) in [5.74, 6) is -0.373. The van der Waals surface area contributed by atoms with Crippen LogP contribution in [0.15, 0.2) is 22.7 Å². The lowest BCUT2D eigenvalue weighted by atomic mass is 10.1. The number of hydrogen-bond donors (Lipinski definition) is 0. The lowest BCUT2D eigenvalue weighted by Crippen LogP contribution is -2.33. The predicted octanol–water partition coefficient (Wildman–Crippen LogP) is 2.78. The molecule has 0 aromatic heterocycles. The molecule has 0 aliphatic rings. The molecule has 1 amide bonds. The summed E-state index contributed by atoms with van der Waals surface area (Å²) in [7, 11) is 1.35. The van der Waals surface area contributed by atoms with Crippen molar-refractivity contribution in [1.29, 1.82) is 0 Å². The molecule has 0 N–H and O–H groups in total. The first kappa shape index (κ1) is 15.7. The predicted molar refractivity (Wildman–Crippen MR) is 77.1 cm³/mol. The van der Waals surface area contributed by atoms with Gasteiger partial charge in [0, 0.05) is 23.1 Å². The van der Waals surface area contributed by atoms with Gasteiger partial charge in [0.15, 0.2) is 0 Å². The van der Waals surface area contributed by atoms with E-state index in [1.807, 2.05) is 26.0 Å². The number of carbonyl (C=O) groups excluding carboxylic acids is 2. The van der Waals surface area contributed by atoms with Crippen LogP contribution in [-0.2, 0) is 9.53 Å². The van der Waals surface area contributed by atoms with Gasteiger partial charge in [-0.1, -0.05) is 22.0 Å². The van der Waals surface area contributed by atoms with Crippen LogP contribution < -0.4 is 0 Å². The second-order valence-electron chi connectivity index (χ2n) is 4.12. The highest BCUT2D eigenvalue weighted by Crippen LogP contribution is 2.20. The number of methoxy groups -OCH3 is 1. The molecule has 0 fully saturated rings. The van der Waals surface area contributed by atoms with E-state index < -0.39 is 0 Å². The van der Waals surface area contributed by atoms with Crippen LogP contribution >= 0.6 is 15.9 Å². The van der Waals surface area contributed by atoms with Crippen LogP contribution in [0.3, 0.4) is 0 Å². The summed E-state index contributed by atoms with van der Waals surface area (Å²) in [6.45, 7) is 4.71. The van der Waals surface area contributed by atoms with E-state index in [9.17, 15) is 9.59 Å². The van der Waals surface area contributed by atoms with Gasteiger partial charge in [-0.3, -0.25) is 9.59 Å². The molecule has 4 nitrogen and oxygen atoms in total. The van der Waals surface area contributed by atoms with Gasteiger partial charge >= 0.3 is 5.97 Å². The van der Waals surface area contributed by atoms with Gasteiger partial charge < -0.3 is 9.64 Å². The smallest absolute Gasteiger partial charge is 0.307 e. The number of halogens is 1. The lowest BCUT2D eigenvalue weighted by molar-refractivity contribution is -0.140. The first-order valence-corrected chi connectivity index (χ1v) is 6.91. The van der Waals surface area contributed by atoms with Gasteiger partial charge in [0.1, 0.15) is 0 Å². The van der Waals surface area contributed by atoms with Gasteiger partial charge in [0.05, 0.1) is 13.5 Å². The van der Waals surface area contributed by atoms with Gasteiger partial charge in [-0.25, -0.2) is 0 Å². The number of benzene rings is 1. The lowest BCUT2D eigenvalue weighted by Gasteiger charge is -2.21. The number of ether oxygens (including phenoxy) is 1. The van der Waals surface area contributed by atoms with Crippen LogP contribution in [0.25, 0.3) is 0 Å². The Hall–Kier alpha value is -1.36. The maximum atomic E-state index is 12.4. The highest BCUT2D eigenvalue weighted by atomic mass is 79.9. The van der Waals surface area contributed by atoms with Crippen LogP contribution in [-0.4, -0.2) is 37.0 Å². The van der Waals surface area contributed by atoms with E-state index in [1.54, 1.807) is 11.0 Å². The van der Waals surface area contributed by atoms with Crippen LogP contribution in [0.1, 0.15) is 29.3 Å². The Morgan fingerprint density at radius 3 is 2.63 bits per heavy atom. The minimum absolute atomic E-state index is 0.0646. The number of hydrogen-bond acceptors (Lipinski definition) is 3. The molecule has 0 saturated heterocycles. The fourth-order valence-electron chi connectivity index (χ4n) is 1.74. The first-order chi connectivity index (χ1) is 9.01. The molecule has 0 bridgehead atoms. The van der Waals surface area contributed by atoms with Gasteiger partial charge in [-0.15, -0.1) is 0 Å². The summed E-state index contributed by atoms with van der Waals surface area (Å²) < 4.78 is 5.49. The Balaban J connectivity index is 2.84. The van der Waals surface area contributed by atoms with Gasteiger partial charge in [-0.05, 0) is 31.5 Å². The Bertz CT molecular complexity index is 474. The van der Waals surface area contributed by atoms with Crippen molar-refractivity contribution < 1.29 is 14.3 Å². The minimum atomic E-state index is -0.308. The SMILES string of the molecule is CCN(CCC(=O)OC)C(=O)c1cccc(Br)c1C. The van der Waals surface area contributed by atoms with Gasteiger partial charge in [0.2, 0.25) is 0 Å². The van der Waals surface area contributed by atoms with Crippen molar-refractivity contribution in [3.63, 3.8) is 0 Å². The zero-order chi connectivity index (χ0) is 14.4. The standard InChI is InChI=1S/C14H18BrNO3/c1-4-16(9-8-13(17)19-3)14(18)11-6-5-7-12(15)10(11)2/h5-7H,4,8-9H2,1-3H3. The minimum Gasteiger partial charge on any atom is -0.469 e. The summed E-state index contributed by atoms with van der Waals surface area (Å²) in [6.07, 6.45) is 0.211. The van der Waals surface area contributed by atoms with Crippen LogP contribution in [0.2, 0.25) is 0 Å². The Morgan fingerprint density at radius 1 is 1.37 bits per heavy atom. The molecule has 0 radical (unpaired) electrons. The molecule has 19 heavy (non-hydrogen) atoms. The average Bonchev–Trinajstić information content (AvgIpc) is 2.41. The average molecular weight is 328 g/mol. The molecule has 5 heteroatoms. The third-order valence-corrected chi connectivity index (χ3v) is 3.84. The molecule has 1 aromatic rings. The van der Waals surface area contributed by atoms with Crippen molar-refractivity contribution in [2.24, 2.45) is 0 Å².